The molecule has 1 unspecified atom stereocenters. The van der Waals surface area contributed by atoms with Crippen LogP contribution in [-0.4, -0.2) is 44.4 Å². The van der Waals surface area contributed by atoms with E-state index in [1.165, 1.54) is 16.4 Å². The highest BCUT2D eigenvalue weighted by Crippen LogP contribution is 2.24. The zero-order valence-corrected chi connectivity index (χ0v) is 18.0. The van der Waals surface area contributed by atoms with Crippen LogP contribution in [0, 0.1) is 18.7 Å². The predicted molar refractivity (Wildman–Crippen MR) is 112 cm³/mol. The molecule has 6 nitrogen and oxygen atoms in total. The number of aryl methyl sites for hydroxylation is 1. The number of benzene rings is 2. The lowest BCUT2D eigenvalue weighted by molar-refractivity contribution is -0.126. The van der Waals surface area contributed by atoms with E-state index >= 15 is 0 Å². The molecule has 30 heavy (non-hydrogen) atoms. The molecule has 8 heteroatoms. The van der Waals surface area contributed by atoms with Crippen LogP contribution in [0.15, 0.2) is 53.4 Å². The molecule has 0 saturated carbocycles. The summed E-state index contributed by atoms with van der Waals surface area (Å²) < 4.78 is 45.5. The van der Waals surface area contributed by atoms with Gasteiger partial charge in [-0.05, 0) is 63.1 Å². The molecule has 0 aromatic heterocycles. The minimum absolute atomic E-state index is 0.0636. The van der Waals surface area contributed by atoms with Crippen molar-refractivity contribution in [3.63, 3.8) is 0 Å². The van der Waals surface area contributed by atoms with Gasteiger partial charge in [-0.3, -0.25) is 4.79 Å². The molecule has 1 aliphatic rings. The van der Waals surface area contributed by atoms with Gasteiger partial charge in [0.1, 0.15) is 18.2 Å². The van der Waals surface area contributed by atoms with E-state index in [0.717, 1.165) is 23.4 Å². The fourth-order valence-electron chi connectivity index (χ4n) is 3.37. The molecule has 162 valence electrons. The summed E-state index contributed by atoms with van der Waals surface area (Å²) in [6.07, 6.45) is 0.885. The van der Waals surface area contributed by atoms with Gasteiger partial charge in [-0.1, -0.05) is 17.7 Å². The number of amides is 1. The zero-order valence-electron chi connectivity index (χ0n) is 17.2. The van der Waals surface area contributed by atoms with Crippen LogP contribution in [0.4, 0.5) is 4.39 Å². The summed E-state index contributed by atoms with van der Waals surface area (Å²) in [6.45, 7) is 4.74. The van der Waals surface area contributed by atoms with Crippen molar-refractivity contribution in [1.29, 1.82) is 0 Å². The maximum Gasteiger partial charge on any atom is 0.243 e. The van der Waals surface area contributed by atoms with Crippen LogP contribution >= 0.6 is 0 Å². The Bertz CT molecular complexity index is 954. The third kappa shape index (κ3) is 5.58. The molecule has 3 rings (SSSR count). The first-order chi connectivity index (χ1) is 14.3. The molecule has 2 aromatic rings. The van der Waals surface area contributed by atoms with E-state index in [1.54, 1.807) is 0 Å². The highest BCUT2D eigenvalue weighted by atomic mass is 32.2. The smallest absolute Gasteiger partial charge is 0.243 e. The quantitative estimate of drug-likeness (QED) is 0.727. The Kier molecular flexibility index (Phi) is 7.10. The van der Waals surface area contributed by atoms with Crippen LogP contribution in [0.1, 0.15) is 25.3 Å². The van der Waals surface area contributed by atoms with Gasteiger partial charge in [-0.25, -0.2) is 12.8 Å². The molecule has 0 radical (unpaired) electrons. The van der Waals surface area contributed by atoms with Gasteiger partial charge >= 0.3 is 0 Å². The topological polar surface area (TPSA) is 75.7 Å². The monoisotopic (exact) mass is 434 g/mol. The van der Waals surface area contributed by atoms with Gasteiger partial charge in [0.15, 0.2) is 0 Å². The van der Waals surface area contributed by atoms with E-state index in [2.05, 4.69) is 5.32 Å². The zero-order chi connectivity index (χ0) is 21.7. The van der Waals surface area contributed by atoms with E-state index in [4.69, 9.17) is 4.74 Å². The van der Waals surface area contributed by atoms with Crippen molar-refractivity contribution < 1.29 is 22.3 Å². The van der Waals surface area contributed by atoms with E-state index in [1.807, 2.05) is 38.1 Å². The van der Waals surface area contributed by atoms with Crippen LogP contribution in [-0.2, 0) is 14.8 Å². The average Bonchev–Trinajstić information content (AvgIpc) is 2.74. The highest BCUT2D eigenvalue weighted by molar-refractivity contribution is 7.89. The number of carbonyl (C=O) groups is 1. The summed E-state index contributed by atoms with van der Waals surface area (Å²) in [4.78, 5) is 12.6. The number of halogens is 1. The molecule has 1 aliphatic heterocycles. The summed E-state index contributed by atoms with van der Waals surface area (Å²) >= 11 is 0. The lowest BCUT2D eigenvalue weighted by atomic mass is 9.97. The minimum atomic E-state index is -3.68. The Morgan fingerprint density at radius 1 is 1.13 bits per heavy atom. The Morgan fingerprint density at radius 2 is 1.73 bits per heavy atom. The fraction of sp³-hybridized carbons (Fsp3) is 0.409. The molecule has 0 aliphatic carbocycles. The Balaban J connectivity index is 1.47. The van der Waals surface area contributed by atoms with Crippen molar-refractivity contribution in [3.05, 3.63) is 59.9 Å². The van der Waals surface area contributed by atoms with E-state index < -0.39 is 15.8 Å². The molecule has 0 bridgehead atoms. The Morgan fingerprint density at radius 3 is 2.33 bits per heavy atom. The highest BCUT2D eigenvalue weighted by Gasteiger charge is 2.32. The maximum atomic E-state index is 13.1. The van der Waals surface area contributed by atoms with Gasteiger partial charge in [-0.2, -0.15) is 4.31 Å². The molecule has 1 saturated heterocycles. The number of nitrogens with zero attached hydrogens (tertiary/aromatic N) is 1. The standard InChI is InChI=1S/C22H27FN2O4S/c1-16-3-7-20(8-4-16)29-15-17(2)24-22(26)18-11-13-25(14-12-18)30(27,28)21-9-5-19(23)6-10-21/h3-10,17-18H,11-15H2,1-2H3,(H,24,26). The molecule has 0 spiro atoms. The molecule has 1 amide bonds. The van der Waals surface area contributed by atoms with Gasteiger partial charge in [0.25, 0.3) is 0 Å². The van der Waals surface area contributed by atoms with E-state index in [0.29, 0.717) is 19.4 Å². The van der Waals surface area contributed by atoms with Gasteiger partial charge in [0, 0.05) is 19.0 Å². The first-order valence-electron chi connectivity index (χ1n) is 10.0. The minimum Gasteiger partial charge on any atom is -0.491 e. The third-order valence-electron chi connectivity index (χ3n) is 5.19. The van der Waals surface area contributed by atoms with Crippen molar-refractivity contribution in [2.45, 2.75) is 37.6 Å². The number of nitrogens with one attached hydrogen (secondary N) is 1. The normalized spacial score (nSPS) is 16.8. The van der Waals surface area contributed by atoms with Crippen LogP contribution in [0.2, 0.25) is 0 Å². The van der Waals surface area contributed by atoms with Crippen molar-refractivity contribution in [1.82, 2.24) is 9.62 Å². The number of hydrogen-bond acceptors (Lipinski definition) is 4. The van der Waals surface area contributed by atoms with Gasteiger partial charge in [-0.15, -0.1) is 0 Å². The number of piperidine rings is 1. The third-order valence-corrected chi connectivity index (χ3v) is 7.10. The van der Waals surface area contributed by atoms with Crippen molar-refractivity contribution >= 4 is 15.9 Å². The fourth-order valence-corrected chi connectivity index (χ4v) is 4.84. The van der Waals surface area contributed by atoms with Crippen LogP contribution < -0.4 is 10.1 Å². The molecule has 2 aromatic carbocycles. The van der Waals surface area contributed by atoms with E-state index in [-0.39, 0.29) is 35.9 Å². The second-order valence-electron chi connectivity index (χ2n) is 7.67. The summed E-state index contributed by atoms with van der Waals surface area (Å²) in [5, 5.41) is 2.95. The Hall–Kier alpha value is -2.45. The summed E-state index contributed by atoms with van der Waals surface area (Å²) in [6, 6.07) is 12.3. The van der Waals surface area contributed by atoms with Crippen LogP contribution in [0.25, 0.3) is 0 Å². The molecule has 1 atom stereocenters. The van der Waals surface area contributed by atoms with Crippen molar-refractivity contribution in [2.24, 2.45) is 5.92 Å². The van der Waals surface area contributed by atoms with Gasteiger partial charge < -0.3 is 10.1 Å². The second-order valence-corrected chi connectivity index (χ2v) is 9.60. The molecular formula is C22H27FN2O4S. The lowest BCUT2D eigenvalue weighted by Crippen LogP contribution is -2.45. The van der Waals surface area contributed by atoms with Crippen molar-refractivity contribution in [3.8, 4) is 5.75 Å². The van der Waals surface area contributed by atoms with Crippen LogP contribution in [0.5, 0.6) is 5.75 Å². The van der Waals surface area contributed by atoms with Crippen molar-refractivity contribution in [2.75, 3.05) is 19.7 Å². The molecule has 1 heterocycles. The summed E-state index contributed by atoms with van der Waals surface area (Å²) in [5.74, 6) is -0.0638. The molecule has 1 fully saturated rings. The average molecular weight is 435 g/mol. The number of carbonyl (C=O) groups excluding carboxylic acids is 1. The molecule has 1 N–H and O–H groups in total. The lowest BCUT2D eigenvalue weighted by Gasteiger charge is -2.31. The largest absolute Gasteiger partial charge is 0.491 e. The Labute approximate surface area is 177 Å². The van der Waals surface area contributed by atoms with Gasteiger partial charge in [0.05, 0.1) is 10.9 Å². The number of ether oxygens (including phenoxy) is 1. The number of hydrogen-bond donors (Lipinski definition) is 1. The maximum absolute atomic E-state index is 13.1. The number of rotatable bonds is 7. The van der Waals surface area contributed by atoms with Gasteiger partial charge in [0.2, 0.25) is 15.9 Å². The second kappa shape index (κ2) is 9.57. The summed E-state index contributed by atoms with van der Waals surface area (Å²) in [7, 11) is -3.68. The number of sulfonamides is 1. The predicted octanol–water partition coefficient (Wildman–Crippen LogP) is 3.12. The molecular weight excluding hydrogens is 407 g/mol. The summed E-state index contributed by atoms with van der Waals surface area (Å²) in [5.41, 5.74) is 1.15. The first-order valence-corrected chi connectivity index (χ1v) is 11.5. The van der Waals surface area contributed by atoms with E-state index in [9.17, 15) is 17.6 Å². The SMILES string of the molecule is Cc1ccc(OCC(C)NC(=O)C2CCN(S(=O)(=O)c3ccc(F)cc3)CC2)cc1. The van der Waals surface area contributed by atoms with Crippen LogP contribution in [0.3, 0.4) is 0 Å². The first kappa shape index (κ1) is 22.2.